The molecule has 0 aromatic rings. The summed E-state index contributed by atoms with van der Waals surface area (Å²) in [5.74, 6) is 0.617. The van der Waals surface area contributed by atoms with Gasteiger partial charge in [0.2, 0.25) is 0 Å². The Balaban J connectivity index is 2.44. The second-order valence-electron chi connectivity index (χ2n) is 3.54. The molecule has 1 heterocycles. The van der Waals surface area contributed by atoms with Crippen molar-refractivity contribution in [2.24, 2.45) is 5.92 Å². The molecule has 0 fully saturated rings. The predicted molar refractivity (Wildman–Crippen MR) is 51.9 cm³/mol. The van der Waals surface area contributed by atoms with Crippen LogP contribution in [0, 0.1) is 5.92 Å². The van der Waals surface area contributed by atoms with Crippen LogP contribution in [0.1, 0.15) is 33.6 Å². The maximum atomic E-state index is 5.17. The van der Waals surface area contributed by atoms with Crippen molar-refractivity contribution in [3.05, 3.63) is 23.5 Å². The van der Waals surface area contributed by atoms with Gasteiger partial charge in [0.05, 0.1) is 12.9 Å². The molecule has 1 aliphatic heterocycles. The van der Waals surface area contributed by atoms with Crippen molar-refractivity contribution < 1.29 is 4.74 Å². The normalized spacial score (nSPS) is 23.8. The molecular weight excluding hydrogens is 148 g/mol. The van der Waals surface area contributed by atoms with E-state index in [-0.39, 0.29) is 0 Å². The zero-order valence-electron chi connectivity index (χ0n) is 8.26. The van der Waals surface area contributed by atoms with Crippen LogP contribution in [0.25, 0.3) is 0 Å². The first-order chi connectivity index (χ1) is 5.74. The van der Waals surface area contributed by atoms with Crippen LogP contribution in [0.3, 0.4) is 0 Å². The van der Waals surface area contributed by atoms with E-state index in [2.05, 4.69) is 26.8 Å². The Morgan fingerprint density at radius 2 is 2.17 bits per heavy atom. The Kier molecular flexibility index (Phi) is 3.39. The van der Waals surface area contributed by atoms with Gasteiger partial charge in [-0.15, -0.1) is 0 Å². The number of allylic oxidation sites excluding steroid dienone is 2. The number of rotatable bonds is 3. The lowest BCUT2D eigenvalue weighted by Crippen LogP contribution is -2.00. The van der Waals surface area contributed by atoms with Crippen LogP contribution in [-0.4, -0.2) is 6.61 Å². The van der Waals surface area contributed by atoms with Crippen LogP contribution in [0.4, 0.5) is 0 Å². The zero-order chi connectivity index (χ0) is 8.97. The molecular formula is C11H18O. The Hall–Kier alpha value is -0.720. The van der Waals surface area contributed by atoms with Gasteiger partial charge in [-0.05, 0) is 32.8 Å². The van der Waals surface area contributed by atoms with E-state index < -0.39 is 0 Å². The topological polar surface area (TPSA) is 9.23 Å². The highest BCUT2D eigenvalue weighted by atomic mass is 16.5. The molecule has 0 N–H and O–H groups in total. The van der Waals surface area contributed by atoms with E-state index >= 15 is 0 Å². The maximum absolute atomic E-state index is 5.17. The number of hydrogen-bond acceptors (Lipinski definition) is 1. The van der Waals surface area contributed by atoms with Crippen LogP contribution in [0.2, 0.25) is 0 Å². The van der Waals surface area contributed by atoms with Gasteiger partial charge in [0.1, 0.15) is 0 Å². The highest BCUT2D eigenvalue weighted by Gasteiger charge is 2.11. The Morgan fingerprint density at radius 3 is 2.67 bits per heavy atom. The highest BCUT2D eigenvalue weighted by molar-refractivity contribution is 5.11. The molecule has 0 bridgehead atoms. The Bertz CT molecular complexity index is 201. The summed E-state index contributed by atoms with van der Waals surface area (Å²) in [6.07, 6.45) is 6.31. The molecule has 68 valence electrons. The van der Waals surface area contributed by atoms with Gasteiger partial charge in [0.25, 0.3) is 0 Å². The standard InChI is InChI=1S/C11H18O/c1-4-9(2)10(3)7-11-5-6-12-8-11/h5-6,11H,4,7-8H2,1-3H3/b10-9+. The highest BCUT2D eigenvalue weighted by Crippen LogP contribution is 2.21. The lowest BCUT2D eigenvalue weighted by Gasteiger charge is -2.09. The molecule has 0 aliphatic carbocycles. The second kappa shape index (κ2) is 4.34. The molecule has 0 saturated heterocycles. The summed E-state index contributed by atoms with van der Waals surface area (Å²) in [5.41, 5.74) is 3.05. The van der Waals surface area contributed by atoms with Gasteiger partial charge in [0, 0.05) is 5.92 Å². The monoisotopic (exact) mass is 166 g/mol. The molecule has 1 aliphatic rings. The van der Waals surface area contributed by atoms with Crippen molar-refractivity contribution in [2.45, 2.75) is 33.6 Å². The van der Waals surface area contributed by atoms with E-state index in [1.807, 2.05) is 6.26 Å². The van der Waals surface area contributed by atoms with Gasteiger partial charge in [-0.3, -0.25) is 0 Å². The third-order valence-electron chi connectivity index (χ3n) is 2.58. The molecule has 0 aromatic heterocycles. The first kappa shape index (κ1) is 9.37. The van der Waals surface area contributed by atoms with E-state index in [1.54, 1.807) is 0 Å². The van der Waals surface area contributed by atoms with Crippen LogP contribution in [0.15, 0.2) is 23.5 Å². The first-order valence-corrected chi connectivity index (χ1v) is 4.67. The fraction of sp³-hybridized carbons (Fsp3) is 0.636. The minimum absolute atomic E-state index is 0.617. The molecule has 0 amide bonds. The average molecular weight is 166 g/mol. The SMILES string of the molecule is CC/C(C)=C(\C)CC1C=COC1. The predicted octanol–water partition coefficient (Wildman–Crippen LogP) is 3.28. The Labute approximate surface area is 75.1 Å². The molecule has 1 atom stereocenters. The van der Waals surface area contributed by atoms with Crippen molar-refractivity contribution in [2.75, 3.05) is 6.61 Å². The summed E-state index contributed by atoms with van der Waals surface area (Å²) in [6, 6.07) is 0. The van der Waals surface area contributed by atoms with Crippen LogP contribution < -0.4 is 0 Å². The van der Waals surface area contributed by atoms with E-state index in [4.69, 9.17) is 4.74 Å². The van der Waals surface area contributed by atoms with Crippen LogP contribution in [-0.2, 0) is 4.74 Å². The van der Waals surface area contributed by atoms with E-state index in [9.17, 15) is 0 Å². The van der Waals surface area contributed by atoms with Gasteiger partial charge in [0.15, 0.2) is 0 Å². The third kappa shape index (κ3) is 2.40. The largest absolute Gasteiger partial charge is 0.501 e. The Morgan fingerprint density at radius 1 is 1.42 bits per heavy atom. The zero-order valence-corrected chi connectivity index (χ0v) is 8.26. The fourth-order valence-electron chi connectivity index (χ4n) is 1.40. The minimum Gasteiger partial charge on any atom is -0.501 e. The summed E-state index contributed by atoms with van der Waals surface area (Å²) in [6.45, 7) is 7.52. The molecule has 0 aromatic carbocycles. The number of ether oxygens (including phenoxy) is 1. The maximum Gasteiger partial charge on any atom is 0.0940 e. The van der Waals surface area contributed by atoms with Crippen molar-refractivity contribution in [1.82, 2.24) is 0 Å². The molecule has 1 nitrogen and oxygen atoms in total. The molecule has 1 rings (SSSR count). The molecule has 1 unspecified atom stereocenters. The summed E-state index contributed by atoms with van der Waals surface area (Å²) in [5, 5.41) is 0. The summed E-state index contributed by atoms with van der Waals surface area (Å²) >= 11 is 0. The van der Waals surface area contributed by atoms with Crippen molar-refractivity contribution in [3.8, 4) is 0 Å². The minimum atomic E-state index is 0.617. The van der Waals surface area contributed by atoms with Crippen molar-refractivity contribution in [1.29, 1.82) is 0 Å². The molecule has 12 heavy (non-hydrogen) atoms. The quantitative estimate of drug-likeness (QED) is 0.585. The van der Waals surface area contributed by atoms with E-state index in [0.717, 1.165) is 13.0 Å². The van der Waals surface area contributed by atoms with Crippen LogP contribution >= 0.6 is 0 Å². The summed E-state index contributed by atoms with van der Waals surface area (Å²) in [7, 11) is 0. The van der Waals surface area contributed by atoms with Gasteiger partial charge in [-0.25, -0.2) is 0 Å². The summed E-state index contributed by atoms with van der Waals surface area (Å²) < 4.78 is 5.17. The molecule has 0 spiro atoms. The number of hydrogen-bond donors (Lipinski definition) is 0. The van der Waals surface area contributed by atoms with Gasteiger partial charge >= 0.3 is 0 Å². The fourth-order valence-corrected chi connectivity index (χ4v) is 1.40. The lowest BCUT2D eigenvalue weighted by atomic mass is 9.97. The van der Waals surface area contributed by atoms with E-state index in [0.29, 0.717) is 5.92 Å². The van der Waals surface area contributed by atoms with Crippen molar-refractivity contribution in [3.63, 3.8) is 0 Å². The molecule has 1 heteroatoms. The summed E-state index contributed by atoms with van der Waals surface area (Å²) in [4.78, 5) is 0. The van der Waals surface area contributed by atoms with Gasteiger partial charge in [-0.2, -0.15) is 0 Å². The molecule has 0 radical (unpaired) electrons. The average Bonchev–Trinajstić information content (AvgIpc) is 2.55. The van der Waals surface area contributed by atoms with Gasteiger partial charge in [-0.1, -0.05) is 18.1 Å². The smallest absolute Gasteiger partial charge is 0.0940 e. The van der Waals surface area contributed by atoms with Crippen LogP contribution in [0.5, 0.6) is 0 Å². The van der Waals surface area contributed by atoms with E-state index in [1.165, 1.54) is 17.6 Å². The lowest BCUT2D eigenvalue weighted by molar-refractivity contribution is 0.248. The van der Waals surface area contributed by atoms with Crippen molar-refractivity contribution >= 4 is 0 Å². The second-order valence-corrected chi connectivity index (χ2v) is 3.54. The van der Waals surface area contributed by atoms with Gasteiger partial charge < -0.3 is 4.74 Å². The molecule has 0 saturated carbocycles. The third-order valence-corrected chi connectivity index (χ3v) is 2.58. The first-order valence-electron chi connectivity index (χ1n) is 4.67.